The predicted molar refractivity (Wildman–Crippen MR) is 90.2 cm³/mol. The van der Waals surface area contributed by atoms with Crippen molar-refractivity contribution in [3.05, 3.63) is 64.5 Å². The van der Waals surface area contributed by atoms with Gasteiger partial charge in [0, 0.05) is 11.6 Å². The van der Waals surface area contributed by atoms with Crippen LogP contribution in [0, 0.1) is 10.1 Å². The number of carbonyl (C=O) groups is 1. The number of carbonyl (C=O) groups excluding carboxylic acids is 1. The maximum atomic E-state index is 12.0. The molecule has 0 unspecified atom stereocenters. The van der Waals surface area contributed by atoms with Gasteiger partial charge in [0.05, 0.1) is 28.5 Å². The number of nitro benzene ring substituents is 1. The van der Waals surface area contributed by atoms with E-state index < -0.39 is 16.4 Å². The van der Waals surface area contributed by atoms with Crippen LogP contribution < -0.4 is 5.43 Å². The van der Waals surface area contributed by atoms with Gasteiger partial charge in [-0.2, -0.15) is 5.10 Å². The fourth-order valence-electron chi connectivity index (χ4n) is 2.27. The molecule has 1 aromatic heterocycles. The average Bonchev–Trinajstić information content (AvgIpc) is 2.99. The third kappa shape index (κ3) is 3.61. The van der Waals surface area contributed by atoms with Crippen LogP contribution in [-0.2, 0) is 11.3 Å². The van der Waals surface area contributed by atoms with Crippen LogP contribution in [0.5, 0.6) is 5.75 Å². The number of para-hydroxylation sites is 2. The molecule has 1 heterocycles. The van der Waals surface area contributed by atoms with Gasteiger partial charge in [-0.15, -0.1) is 0 Å². The SMILES string of the molecule is O=C(Cn1cnc2ccccc21)NN=Cc1ccc(O)c([N+](=O)[O-])c1. The van der Waals surface area contributed by atoms with Gasteiger partial charge in [-0.25, -0.2) is 10.4 Å². The lowest BCUT2D eigenvalue weighted by Gasteiger charge is -2.03. The van der Waals surface area contributed by atoms with Gasteiger partial charge in [-0.1, -0.05) is 12.1 Å². The molecule has 3 aromatic rings. The molecule has 0 aliphatic carbocycles. The highest BCUT2D eigenvalue weighted by Gasteiger charge is 2.12. The number of nitrogens with one attached hydrogen (secondary N) is 1. The van der Waals surface area contributed by atoms with Crippen LogP contribution in [0.15, 0.2) is 53.9 Å². The smallest absolute Gasteiger partial charge is 0.311 e. The topological polar surface area (TPSA) is 123 Å². The molecule has 0 radical (unpaired) electrons. The van der Waals surface area contributed by atoms with E-state index in [1.165, 1.54) is 18.3 Å². The summed E-state index contributed by atoms with van der Waals surface area (Å²) in [6.45, 7) is 0.0353. The Kier molecular flexibility index (Phi) is 4.38. The summed E-state index contributed by atoms with van der Waals surface area (Å²) in [7, 11) is 0. The van der Waals surface area contributed by atoms with Crippen molar-refractivity contribution in [3.63, 3.8) is 0 Å². The number of nitrogens with zero attached hydrogens (tertiary/aromatic N) is 4. The molecule has 9 heteroatoms. The molecule has 0 spiro atoms. The van der Waals surface area contributed by atoms with E-state index in [-0.39, 0.29) is 12.5 Å². The average molecular weight is 339 g/mol. The Morgan fingerprint density at radius 1 is 1.36 bits per heavy atom. The predicted octanol–water partition coefficient (Wildman–Crippen LogP) is 1.80. The van der Waals surface area contributed by atoms with E-state index in [1.807, 2.05) is 24.3 Å². The minimum atomic E-state index is -0.699. The fraction of sp³-hybridized carbons (Fsp3) is 0.0625. The second kappa shape index (κ2) is 6.79. The van der Waals surface area contributed by atoms with Crippen LogP contribution in [-0.4, -0.2) is 31.7 Å². The summed E-state index contributed by atoms with van der Waals surface area (Å²) in [5.74, 6) is -0.800. The Bertz CT molecular complexity index is 980. The first-order valence-corrected chi connectivity index (χ1v) is 7.24. The molecular formula is C16H13N5O4. The highest BCUT2D eigenvalue weighted by atomic mass is 16.6. The molecule has 0 bridgehead atoms. The molecule has 126 valence electrons. The number of hydrogen-bond donors (Lipinski definition) is 2. The van der Waals surface area contributed by atoms with Gasteiger partial charge < -0.3 is 9.67 Å². The third-order valence-electron chi connectivity index (χ3n) is 3.44. The summed E-state index contributed by atoms with van der Waals surface area (Å²) in [6, 6.07) is 11.2. The van der Waals surface area contributed by atoms with E-state index in [9.17, 15) is 20.0 Å². The largest absolute Gasteiger partial charge is 0.502 e. The number of hydrogen-bond acceptors (Lipinski definition) is 6. The zero-order chi connectivity index (χ0) is 17.8. The number of nitro groups is 1. The van der Waals surface area contributed by atoms with Crippen molar-refractivity contribution >= 4 is 28.8 Å². The number of rotatable bonds is 5. The summed E-state index contributed by atoms with van der Waals surface area (Å²) >= 11 is 0. The number of amides is 1. The number of fused-ring (bicyclic) bond motifs is 1. The van der Waals surface area contributed by atoms with Crippen molar-refractivity contribution in [3.8, 4) is 5.75 Å². The maximum absolute atomic E-state index is 12.0. The summed E-state index contributed by atoms with van der Waals surface area (Å²) < 4.78 is 1.69. The molecule has 25 heavy (non-hydrogen) atoms. The van der Waals surface area contributed by atoms with Gasteiger partial charge in [-0.3, -0.25) is 14.9 Å². The van der Waals surface area contributed by atoms with Gasteiger partial charge >= 0.3 is 5.69 Å². The van der Waals surface area contributed by atoms with Crippen molar-refractivity contribution in [1.82, 2.24) is 15.0 Å². The first kappa shape index (κ1) is 16.1. The molecule has 0 fully saturated rings. The highest BCUT2D eigenvalue weighted by Crippen LogP contribution is 2.25. The highest BCUT2D eigenvalue weighted by molar-refractivity contribution is 5.84. The Balaban J connectivity index is 1.65. The van der Waals surface area contributed by atoms with Crippen molar-refractivity contribution in [2.75, 3.05) is 0 Å². The number of hydrazone groups is 1. The molecule has 9 nitrogen and oxygen atoms in total. The molecule has 0 saturated heterocycles. The molecule has 0 atom stereocenters. The Hall–Kier alpha value is -3.75. The standard InChI is InChI=1S/C16H13N5O4/c22-15-6-5-11(7-14(15)21(24)25)8-18-19-16(23)9-20-10-17-12-3-1-2-4-13(12)20/h1-8,10,22H,9H2,(H,19,23). The van der Waals surface area contributed by atoms with E-state index in [4.69, 9.17) is 0 Å². The third-order valence-corrected chi connectivity index (χ3v) is 3.44. The molecular weight excluding hydrogens is 326 g/mol. The Morgan fingerprint density at radius 3 is 2.96 bits per heavy atom. The van der Waals surface area contributed by atoms with Crippen molar-refractivity contribution < 1.29 is 14.8 Å². The molecule has 1 amide bonds. The Morgan fingerprint density at radius 2 is 2.16 bits per heavy atom. The van der Waals surface area contributed by atoms with Gasteiger partial charge in [0.25, 0.3) is 5.91 Å². The van der Waals surface area contributed by atoms with E-state index in [0.717, 1.165) is 17.1 Å². The summed E-state index contributed by atoms with van der Waals surface area (Å²) in [5.41, 5.74) is 3.91. The zero-order valence-corrected chi connectivity index (χ0v) is 12.9. The molecule has 0 aliphatic rings. The zero-order valence-electron chi connectivity index (χ0n) is 12.9. The van der Waals surface area contributed by atoms with Crippen LogP contribution in [0.3, 0.4) is 0 Å². The number of aromatic nitrogens is 2. The van der Waals surface area contributed by atoms with Gasteiger partial charge in [0.2, 0.25) is 0 Å². The van der Waals surface area contributed by atoms with Crippen molar-refractivity contribution in [2.24, 2.45) is 5.10 Å². The minimum absolute atomic E-state index is 0.0353. The lowest BCUT2D eigenvalue weighted by Crippen LogP contribution is -2.22. The first-order valence-electron chi connectivity index (χ1n) is 7.24. The second-order valence-electron chi connectivity index (χ2n) is 5.16. The lowest BCUT2D eigenvalue weighted by atomic mass is 10.2. The number of benzene rings is 2. The number of aromatic hydroxyl groups is 1. The Labute approximate surface area is 141 Å². The summed E-state index contributed by atoms with van der Waals surface area (Å²) in [6.07, 6.45) is 2.83. The fourth-order valence-corrected chi connectivity index (χ4v) is 2.27. The van der Waals surface area contributed by atoms with Crippen molar-refractivity contribution in [2.45, 2.75) is 6.54 Å². The monoisotopic (exact) mass is 339 g/mol. The van der Waals surface area contributed by atoms with Crippen LogP contribution in [0.25, 0.3) is 11.0 Å². The number of imidazole rings is 1. The van der Waals surface area contributed by atoms with E-state index in [2.05, 4.69) is 15.5 Å². The number of phenols is 1. The van der Waals surface area contributed by atoms with Crippen LogP contribution in [0.1, 0.15) is 5.56 Å². The first-order chi connectivity index (χ1) is 12.0. The van der Waals surface area contributed by atoms with Crippen LogP contribution in [0.4, 0.5) is 5.69 Å². The van der Waals surface area contributed by atoms with Crippen LogP contribution in [0.2, 0.25) is 0 Å². The second-order valence-corrected chi connectivity index (χ2v) is 5.16. The summed E-state index contributed by atoms with van der Waals surface area (Å²) in [5, 5.41) is 23.9. The lowest BCUT2D eigenvalue weighted by molar-refractivity contribution is -0.385. The van der Waals surface area contributed by atoms with Gasteiger partial charge in [0.1, 0.15) is 6.54 Å². The minimum Gasteiger partial charge on any atom is -0.502 e. The van der Waals surface area contributed by atoms with E-state index >= 15 is 0 Å². The van der Waals surface area contributed by atoms with Gasteiger partial charge in [-0.05, 0) is 24.3 Å². The van der Waals surface area contributed by atoms with Gasteiger partial charge in [0.15, 0.2) is 5.75 Å². The van der Waals surface area contributed by atoms with Crippen LogP contribution >= 0.6 is 0 Å². The number of phenolic OH excluding ortho intramolecular Hbond substituents is 1. The molecule has 2 aromatic carbocycles. The van der Waals surface area contributed by atoms with E-state index in [0.29, 0.717) is 5.56 Å². The quantitative estimate of drug-likeness (QED) is 0.417. The molecule has 0 aliphatic heterocycles. The molecule has 2 N–H and O–H groups in total. The van der Waals surface area contributed by atoms with E-state index in [1.54, 1.807) is 10.9 Å². The normalized spacial score (nSPS) is 11.0. The maximum Gasteiger partial charge on any atom is 0.311 e. The summed E-state index contributed by atoms with van der Waals surface area (Å²) in [4.78, 5) is 26.2. The van der Waals surface area contributed by atoms with Crippen molar-refractivity contribution in [1.29, 1.82) is 0 Å². The molecule has 3 rings (SSSR count). The molecule has 0 saturated carbocycles.